The van der Waals surface area contributed by atoms with Crippen molar-refractivity contribution in [3.05, 3.63) is 27.2 Å². The first-order valence-corrected chi connectivity index (χ1v) is 6.33. The third kappa shape index (κ3) is 2.14. The highest BCUT2D eigenvalue weighted by Crippen LogP contribution is 2.32. The molecule has 2 aromatic rings. The number of thiophene rings is 1. The van der Waals surface area contributed by atoms with Gasteiger partial charge in [-0.25, -0.2) is 0 Å². The molecule has 0 atom stereocenters. The van der Waals surface area contributed by atoms with Gasteiger partial charge in [0.1, 0.15) is 5.69 Å². The molecule has 0 unspecified atom stereocenters. The van der Waals surface area contributed by atoms with Crippen molar-refractivity contribution in [1.29, 1.82) is 0 Å². The van der Waals surface area contributed by atoms with Crippen LogP contribution in [0.1, 0.15) is 11.3 Å². The summed E-state index contributed by atoms with van der Waals surface area (Å²) in [6.45, 7) is 2.73. The molecule has 3 N–H and O–H groups in total. The van der Waals surface area contributed by atoms with Gasteiger partial charge in [0.25, 0.3) is 0 Å². The Morgan fingerprint density at radius 1 is 1.53 bits per heavy atom. The maximum Gasteiger partial charge on any atom is 0.105 e. The summed E-state index contributed by atoms with van der Waals surface area (Å²) in [5.41, 5.74) is 8.90. The van der Waals surface area contributed by atoms with Crippen molar-refractivity contribution in [3.8, 4) is 10.6 Å². The van der Waals surface area contributed by atoms with E-state index in [2.05, 4.69) is 39.1 Å². The Bertz CT molecular complexity index is 461. The van der Waals surface area contributed by atoms with Gasteiger partial charge in [0.2, 0.25) is 0 Å². The first-order valence-electron chi connectivity index (χ1n) is 4.72. The smallest absolute Gasteiger partial charge is 0.105 e. The first-order chi connectivity index (χ1) is 7.22. The van der Waals surface area contributed by atoms with Crippen LogP contribution in [0.4, 0.5) is 0 Å². The predicted molar refractivity (Wildman–Crippen MR) is 67.1 cm³/mol. The number of nitrogens with zero attached hydrogens (tertiary/aromatic N) is 1. The molecule has 0 radical (unpaired) electrons. The Labute approximate surface area is 101 Å². The van der Waals surface area contributed by atoms with Crippen LogP contribution in [0.5, 0.6) is 0 Å². The van der Waals surface area contributed by atoms with Gasteiger partial charge in [-0.15, -0.1) is 11.3 Å². The summed E-state index contributed by atoms with van der Waals surface area (Å²) < 4.78 is 1.13. The van der Waals surface area contributed by atoms with E-state index >= 15 is 0 Å². The number of aromatic nitrogens is 2. The standard InChI is InChI=1S/C10H12BrN3S/c1-6-7(4-5-12)13-14-10(6)8-2-3-9(11)15-8/h2-3H,4-5,12H2,1H3,(H,13,14). The quantitative estimate of drug-likeness (QED) is 0.911. The lowest BCUT2D eigenvalue weighted by atomic mass is 10.1. The molecule has 80 valence electrons. The summed E-state index contributed by atoms with van der Waals surface area (Å²) in [7, 11) is 0. The predicted octanol–water partition coefficient (Wildman–Crippen LogP) is 2.71. The number of nitrogens with one attached hydrogen (secondary N) is 1. The lowest BCUT2D eigenvalue weighted by Crippen LogP contribution is -2.03. The van der Waals surface area contributed by atoms with Crippen LogP contribution in [0, 0.1) is 6.92 Å². The van der Waals surface area contributed by atoms with Gasteiger partial charge < -0.3 is 5.73 Å². The third-order valence-electron chi connectivity index (χ3n) is 2.31. The minimum atomic E-state index is 0.649. The van der Waals surface area contributed by atoms with Gasteiger partial charge in [0.05, 0.1) is 8.66 Å². The maximum atomic E-state index is 5.53. The van der Waals surface area contributed by atoms with Gasteiger partial charge in [-0.1, -0.05) is 0 Å². The number of hydrogen-bond donors (Lipinski definition) is 2. The summed E-state index contributed by atoms with van der Waals surface area (Å²) in [5, 5.41) is 7.37. The van der Waals surface area contributed by atoms with Crippen LogP contribution in [0.2, 0.25) is 0 Å². The van der Waals surface area contributed by atoms with E-state index in [1.807, 2.05) is 6.07 Å². The van der Waals surface area contributed by atoms with Crippen LogP contribution >= 0.6 is 27.3 Å². The average molecular weight is 286 g/mol. The zero-order chi connectivity index (χ0) is 10.8. The average Bonchev–Trinajstić information content (AvgIpc) is 2.76. The van der Waals surface area contributed by atoms with Crippen molar-refractivity contribution >= 4 is 27.3 Å². The van der Waals surface area contributed by atoms with Gasteiger partial charge in [-0.05, 0) is 47.1 Å². The van der Waals surface area contributed by atoms with Crippen LogP contribution in [-0.2, 0) is 6.42 Å². The molecule has 2 aromatic heterocycles. The zero-order valence-corrected chi connectivity index (χ0v) is 10.8. The number of halogens is 1. The normalized spacial score (nSPS) is 10.9. The molecule has 0 aliphatic carbocycles. The second kappa shape index (κ2) is 4.47. The molecular formula is C10H12BrN3S. The largest absolute Gasteiger partial charge is 0.330 e. The minimum Gasteiger partial charge on any atom is -0.330 e. The Morgan fingerprint density at radius 2 is 2.33 bits per heavy atom. The van der Waals surface area contributed by atoms with E-state index in [0.717, 1.165) is 21.6 Å². The van der Waals surface area contributed by atoms with Gasteiger partial charge in [-0.3, -0.25) is 5.10 Å². The summed E-state index contributed by atoms with van der Waals surface area (Å²) in [6.07, 6.45) is 0.853. The fourth-order valence-corrected chi connectivity index (χ4v) is 2.94. The lowest BCUT2D eigenvalue weighted by Gasteiger charge is -1.96. The van der Waals surface area contributed by atoms with Gasteiger partial charge in [0.15, 0.2) is 0 Å². The molecule has 0 saturated heterocycles. The zero-order valence-electron chi connectivity index (χ0n) is 8.38. The van der Waals surface area contributed by atoms with Crippen molar-refractivity contribution in [3.63, 3.8) is 0 Å². The van der Waals surface area contributed by atoms with E-state index < -0.39 is 0 Å². The molecule has 0 aliphatic rings. The van der Waals surface area contributed by atoms with Crippen molar-refractivity contribution in [2.45, 2.75) is 13.3 Å². The summed E-state index contributed by atoms with van der Waals surface area (Å²) in [4.78, 5) is 1.18. The summed E-state index contributed by atoms with van der Waals surface area (Å²) in [6, 6.07) is 4.11. The maximum absolute atomic E-state index is 5.53. The van der Waals surface area contributed by atoms with Crippen LogP contribution in [-0.4, -0.2) is 16.7 Å². The Morgan fingerprint density at radius 3 is 2.93 bits per heavy atom. The van der Waals surface area contributed by atoms with Gasteiger partial charge >= 0.3 is 0 Å². The lowest BCUT2D eigenvalue weighted by molar-refractivity contribution is 0.896. The highest BCUT2D eigenvalue weighted by Gasteiger charge is 2.11. The fourth-order valence-electron chi connectivity index (χ4n) is 1.50. The number of nitrogens with two attached hydrogens (primary N) is 1. The molecule has 0 fully saturated rings. The second-order valence-corrected chi connectivity index (χ2v) is 5.78. The minimum absolute atomic E-state index is 0.649. The number of aromatic amines is 1. The molecule has 2 rings (SSSR count). The molecule has 2 heterocycles. The molecule has 0 amide bonds. The van der Waals surface area contributed by atoms with E-state index in [1.165, 1.54) is 10.4 Å². The molecule has 5 heteroatoms. The van der Waals surface area contributed by atoms with Gasteiger partial charge in [0, 0.05) is 12.1 Å². The molecular weight excluding hydrogens is 274 g/mol. The van der Waals surface area contributed by atoms with Crippen LogP contribution < -0.4 is 5.73 Å². The van der Waals surface area contributed by atoms with Gasteiger partial charge in [-0.2, -0.15) is 5.10 Å². The number of rotatable bonds is 3. The van der Waals surface area contributed by atoms with E-state index in [9.17, 15) is 0 Å². The Balaban J connectivity index is 2.37. The number of H-pyrrole nitrogens is 1. The van der Waals surface area contributed by atoms with E-state index in [4.69, 9.17) is 5.73 Å². The van der Waals surface area contributed by atoms with Crippen molar-refractivity contribution in [1.82, 2.24) is 10.2 Å². The SMILES string of the molecule is Cc1c(-c2ccc(Br)s2)n[nH]c1CCN. The summed E-state index contributed by atoms with van der Waals surface area (Å²) >= 11 is 5.14. The molecule has 0 aliphatic heterocycles. The fraction of sp³-hybridized carbons (Fsp3) is 0.300. The molecule has 0 bridgehead atoms. The molecule has 15 heavy (non-hydrogen) atoms. The van der Waals surface area contributed by atoms with Crippen LogP contribution in [0.15, 0.2) is 15.9 Å². The monoisotopic (exact) mass is 285 g/mol. The van der Waals surface area contributed by atoms with Crippen LogP contribution in [0.3, 0.4) is 0 Å². The molecule has 0 saturated carbocycles. The molecule has 3 nitrogen and oxygen atoms in total. The van der Waals surface area contributed by atoms with E-state index in [0.29, 0.717) is 6.54 Å². The van der Waals surface area contributed by atoms with Crippen molar-refractivity contribution in [2.24, 2.45) is 5.73 Å². The summed E-state index contributed by atoms with van der Waals surface area (Å²) in [5.74, 6) is 0. The second-order valence-electron chi connectivity index (χ2n) is 3.32. The highest BCUT2D eigenvalue weighted by atomic mass is 79.9. The van der Waals surface area contributed by atoms with Crippen LogP contribution in [0.25, 0.3) is 10.6 Å². The van der Waals surface area contributed by atoms with Crippen molar-refractivity contribution < 1.29 is 0 Å². The Kier molecular flexibility index (Phi) is 3.23. The first kappa shape index (κ1) is 10.9. The van der Waals surface area contributed by atoms with Crippen molar-refractivity contribution in [2.75, 3.05) is 6.54 Å². The molecule has 0 aromatic carbocycles. The third-order valence-corrected chi connectivity index (χ3v) is 3.94. The molecule has 0 spiro atoms. The topological polar surface area (TPSA) is 54.7 Å². The Hall–Kier alpha value is -0.650. The van der Waals surface area contributed by atoms with E-state index in [-0.39, 0.29) is 0 Å². The number of hydrogen-bond acceptors (Lipinski definition) is 3. The van der Waals surface area contributed by atoms with E-state index in [1.54, 1.807) is 11.3 Å². The highest BCUT2D eigenvalue weighted by molar-refractivity contribution is 9.11.